The van der Waals surface area contributed by atoms with E-state index < -0.39 is 0 Å². The molecule has 18 heavy (non-hydrogen) atoms. The van der Waals surface area contributed by atoms with Crippen LogP contribution in [0.4, 0.5) is 5.82 Å². The highest BCUT2D eigenvalue weighted by Crippen LogP contribution is 2.29. The maximum Gasteiger partial charge on any atom is 0.159 e. The number of anilines is 1. The van der Waals surface area contributed by atoms with E-state index in [1.165, 1.54) is 0 Å². The van der Waals surface area contributed by atoms with Gasteiger partial charge in [0.05, 0.1) is 9.26 Å². The van der Waals surface area contributed by atoms with E-state index in [1.807, 2.05) is 0 Å². The van der Waals surface area contributed by atoms with E-state index in [0.29, 0.717) is 0 Å². The Morgan fingerprint density at radius 2 is 2.22 bits per heavy atom. The summed E-state index contributed by atoms with van der Waals surface area (Å²) in [5, 5.41) is 3.39. The van der Waals surface area contributed by atoms with Gasteiger partial charge in [-0.1, -0.05) is 13.8 Å². The standard InChI is InChI=1S/C13H20IN3O/c1-3-7-15-13-11(14)9(4-2)16-12(17-13)10-6-5-8-18-10/h10H,3-8H2,1-2H3,(H,15,16,17). The summed E-state index contributed by atoms with van der Waals surface area (Å²) < 4.78 is 6.83. The Morgan fingerprint density at radius 1 is 1.39 bits per heavy atom. The van der Waals surface area contributed by atoms with Crippen molar-refractivity contribution in [2.24, 2.45) is 0 Å². The molecule has 1 unspecified atom stereocenters. The first-order chi connectivity index (χ1) is 8.76. The fourth-order valence-corrected chi connectivity index (χ4v) is 2.85. The van der Waals surface area contributed by atoms with Crippen molar-refractivity contribution in [2.45, 2.75) is 45.6 Å². The van der Waals surface area contributed by atoms with E-state index in [9.17, 15) is 0 Å². The molecule has 0 aliphatic carbocycles. The lowest BCUT2D eigenvalue weighted by Crippen LogP contribution is -2.12. The number of ether oxygens (including phenoxy) is 1. The molecule has 1 aromatic rings. The number of aryl methyl sites for hydroxylation is 1. The van der Waals surface area contributed by atoms with Crippen molar-refractivity contribution < 1.29 is 4.74 Å². The van der Waals surface area contributed by atoms with Gasteiger partial charge in [0.15, 0.2) is 5.82 Å². The molecule has 1 aliphatic rings. The van der Waals surface area contributed by atoms with Crippen molar-refractivity contribution in [3.8, 4) is 0 Å². The molecule has 0 aromatic carbocycles. The van der Waals surface area contributed by atoms with E-state index in [4.69, 9.17) is 4.74 Å². The molecule has 2 rings (SSSR count). The van der Waals surface area contributed by atoms with Crippen LogP contribution in [0.3, 0.4) is 0 Å². The van der Waals surface area contributed by atoms with Crippen LogP contribution in [0.15, 0.2) is 0 Å². The van der Waals surface area contributed by atoms with Gasteiger partial charge in [-0.2, -0.15) is 0 Å². The quantitative estimate of drug-likeness (QED) is 0.818. The van der Waals surface area contributed by atoms with Crippen LogP contribution in [0, 0.1) is 3.57 Å². The maximum absolute atomic E-state index is 5.68. The van der Waals surface area contributed by atoms with Crippen molar-refractivity contribution in [3.05, 3.63) is 15.1 Å². The zero-order chi connectivity index (χ0) is 13.0. The van der Waals surface area contributed by atoms with E-state index in [1.54, 1.807) is 0 Å². The molecule has 0 bridgehead atoms. The van der Waals surface area contributed by atoms with Gasteiger partial charge in [-0.3, -0.25) is 0 Å². The van der Waals surface area contributed by atoms with Gasteiger partial charge >= 0.3 is 0 Å². The predicted molar refractivity (Wildman–Crippen MR) is 80.8 cm³/mol. The second kappa shape index (κ2) is 6.65. The Hall–Kier alpha value is -0.430. The van der Waals surface area contributed by atoms with Gasteiger partial charge in [-0.25, -0.2) is 9.97 Å². The monoisotopic (exact) mass is 361 g/mol. The number of hydrogen-bond acceptors (Lipinski definition) is 4. The first-order valence-electron chi connectivity index (χ1n) is 6.68. The van der Waals surface area contributed by atoms with Crippen LogP contribution in [-0.4, -0.2) is 23.1 Å². The Labute approximate surface area is 122 Å². The third-order valence-corrected chi connectivity index (χ3v) is 4.17. The zero-order valence-electron chi connectivity index (χ0n) is 11.0. The summed E-state index contributed by atoms with van der Waals surface area (Å²) in [7, 11) is 0. The molecule has 0 radical (unpaired) electrons. The highest BCUT2D eigenvalue weighted by atomic mass is 127. The molecule has 4 nitrogen and oxygen atoms in total. The number of nitrogens with zero attached hydrogens (tertiary/aromatic N) is 2. The lowest BCUT2D eigenvalue weighted by atomic mass is 10.2. The summed E-state index contributed by atoms with van der Waals surface area (Å²) >= 11 is 2.33. The molecular weight excluding hydrogens is 341 g/mol. The Balaban J connectivity index is 2.29. The minimum Gasteiger partial charge on any atom is -0.370 e. The van der Waals surface area contributed by atoms with Crippen molar-refractivity contribution in [1.29, 1.82) is 0 Å². The summed E-state index contributed by atoms with van der Waals surface area (Å²) in [6, 6.07) is 0. The second-order valence-corrected chi connectivity index (χ2v) is 5.55. The average Bonchev–Trinajstić information content (AvgIpc) is 2.91. The van der Waals surface area contributed by atoms with Gasteiger partial charge in [-0.15, -0.1) is 0 Å². The molecule has 0 spiro atoms. The molecule has 1 N–H and O–H groups in total. The van der Waals surface area contributed by atoms with Crippen molar-refractivity contribution >= 4 is 28.4 Å². The molecule has 100 valence electrons. The normalized spacial score (nSPS) is 19.2. The van der Waals surface area contributed by atoms with Crippen molar-refractivity contribution in [3.63, 3.8) is 0 Å². The first kappa shape index (κ1) is 14.0. The van der Waals surface area contributed by atoms with E-state index in [2.05, 4.69) is 51.7 Å². The molecule has 1 aliphatic heterocycles. The zero-order valence-corrected chi connectivity index (χ0v) is 13.2. The fraction of sp³-hybridized carbons (Fsp3) is 0.692. The molecule has 0 saturated carbocycles. The van der Waals surface area contributed by atoms with Crippen LogP contribution >= 0.6 is 22.6 Å². The predicted octanol–water partition coefficient (Wildman–Crippen LogP) is 3.32. The van der Waals surface area contributed by atoms with Crippen molar-refractivity contribution in [2.75, 3.05) is 18.5 Å². The maximum atomic E-state index is 5.68. The topological polar surface area (TPSA) is 47.0 Å². The fourth-order valence-electron chi connectivity index (χ4n) is 2.03. The first-order valence-corrected chi connectivity index (χ1v) is 7.75. The molecule has 1 saturated heterocycles. The lowest BCUT2D eigenvalue weighted by molar-refractivity contribution is 0.105. The average molecular weight is 361 g/mol. The highest BCUT2D eigenvalue weighted by Gasteiger charge is 2.22. The summed E-state index contributed by atoms with van der Waals surface area (Å²) in [5.74, 6) is 1.82. The molecule has 5 heteroatoms. The van der Waals surface area contributed by atoms with E-state index in [0.717, 1.165) is 59.7 Å². The Morgan fingerprint density at radius 3 is 2.83 bits per heavy atom. The molecule has 1 aromatic heterocycles. The van der Waals surface area contributed by atoms with E-state index >= 15 is 0 Å². The molecule has 1 fully saturated rings. The lowest BCUT2D eigenvalue weighted by Gasteiger charge is -2.14. The van der Waals surface area contributed by atoms with Gasteiger partial charge in [-0.05, 0) is 48.3 Å². The van der Waals surface area contributed by atoms with Crippen LogP contribution in [0.2, 0.25) is 0 Å². The van der Waals surface area contributed by atoms with Gasteiger partial charge in [0.1, 0.15) is 11.9 Å². The van der Waals surface area contributed by atoms with Crippen LogP contribution in [-0.2, 0) is 11.2 Å². The number of halogens is 1. The molecule has 1 atom stereocenters. The SMILES string of the molecule is CCCNc1nc(C2CCCO2)nc(CC)c1I. The number of rotatable bonds is 5. The minimum atomic E-state index is 0.0921. The van der Waals surface area contributed by atoms with Crippen LogP contribution in [0.5, 0.6) is 0 Å². The number of nitrogens with one attached hydrogen (secondary N) is 1. The Kier molecular flexibility index (Phi) is 5.17. The summed E-state index contributed by atoms with van der Waals surface area (Å²) in [6.07, 6.45) is 4.27. The van der Waals surface area contributed by atoms with Gasteiger partial charge in [0.25, 0.3) is 0 Å². The van der Waals surface area contributed by atoms with Crippen LogP contribution < -0.4 is 5.32 Å². The number of hydrogen-bond donors (Lipinski definition) is 1. The molecule has 0 amide bonds. The van der Waals surface area contributed by atoms with Gasteiger partial charge < -0.3 is 10.1 Å². The summed E-state index contributed by atoms with van der Waals surface area (Å²) in [5.41, 5.74) is 1.12. The van der Waals surface area contributed by atoms with Crippen LogP contribution in [0.1, 0.15) is 50.7 Å². The largest absolute Gasteiger partial charge is 0.370 e. The highest BCUT2D eigenvalue weighted by molar-refractivity contribution is 14.1. The Bertz CT molecular complexity index is 405. The smallest absolute Gasteiger partial charge is 0.159 e. The molecular formula is C13H20IN3O. The third-order valence-electron chi connectivity index (χ3n) is 3.03. The van der Waals surface area contributed by atoms with Crippen molar-refractivity contribution in [1.82, 2.24) is 9.97 Å². The van der Waals surface area contributed by atoms with E-state index in [-0.39, 0.29) is 6.10 Å². The minimum absolute atomic E-state index is 0.0921. The van der Waals surface area contributed by atoms with Gasteiger partial charge in [0, 0.05) is 13.2 Å². The molecule has 2 heterocycles. The summed E-state index contributed by atoms with van der Waals surface area (Å²) in [6.45, 7) is 6.07. The second-order valence-electron chi connectivity index (χ2n) is 4.47. The summed E-state index contributed by atoms with van der Waals surface area (Å²) in [4.78, 5) is 9.30. The van der Waals surface area contributed by atoms with Gasteiger partial charge in [0.2, 0.25) is 0 Å². The third kappa shape index (κ3) is 3.12. The number of aromatic nitrogens is 2. The van der Waals surface area contributed by atoms with Crippen LogP contribution in [0.25, 0.3) is 0 Å².